The molecule has 1 fully saturated rings. The maximum Gasteiger partial charge on any atom is 0.275 e. The standard InChI is InChI=1S/C20H22N3O4/c24-19(9-6-14-4-2-1-3-5-14)21-11-15-10-16(13-21)17-7-8-18(23(26)27)20(25)22(17)12-15/h1-5,7-8,15-16,26H,6,9-13H2/q-1. The van der Waals surface area contributed by atoms with E-state index in [1.807, 2.05) is 35.2 Å². The fourth-order valence-corrected chi connectivity index (χ4v) is 4.34. The van der Waals surface area contributed by atoms with Gasteiger partial charge in [-0.2, -0.15) is 0 Å². The smallest absolute Gasteiger partial charge is 0.275 e. The van der Waals surface area contributed by atoms with Gasteiger partial charge in [0.15, 0.2) is 0 Å². The van der Waals surface area contributed by atoms with Crippen molar-refractivity contribution >= 4 is 11.6 Å². The van der Waals surface area contributed by atoms with Crippen molar-refractivity contribution in [2.75, 3.05) is 18.3 Å². The summed E-state index contributed by atoms with van der Waals surface area (Å²) in [6, 6.07) is 13.0. The van der Waals surface area contributed by atoms with Crippen LogP contribution in [0.25, 0.3) is 0 Å². The Morgan fingerprint density at radius 1 is 1.15 bits per heavy atom. The Labute approximate surface area is 157 Å². The number of nitrogens with zero attached hydrogens (tertiary/aromatic N) is 3. The Morgan fingerprint density at radius 3 is 2.67 bits per heavy atom. The minimum absolute atomic E-state index is 0.0821. The molecule has 0 saturated carbocycles. The van der Waals surface area contributed by atoms with Crippen molar-refractivity contribution in [3.63, 3.8) is 0 Å². The number of carbonyl (C=O) groups is 1. The molecule has 1 N–H and O–H groups in total. The van der Waals surface area contributed by atoms with Crippen molar-refractivity contribution < 1.29 is 10.0 Å². The quantitative estimate of drug-likeness (QED) is 0.835. The summed E-state index contributed by atoms with van der Waals surface area (Å²) < 4.78 is 1.58. The lowest BCUT2D eigenvalue weighted by Gasteiger charge is -2.43. The largest absolute Gasteiger partial charge is 0.733 e. The summed E-state index contributed by atoms with van der Waals surface area (Å²) in [4.78, 5) is 27.1. The van der Waals surface area contributed by atoms with Gasteiger partial charge >= 0.3 is 0 Å². The van der Waals surface area contributed by atoms with Gasteiger partial charge in [-0.1, -0.05) is 30.3 Å². The molecule has 1 amide bonds. The Bertz CT molecular complexity index is 894. The number of benzene rings is 1. The number of hydrogen-bond acceptors (Lipinski definition) is 5. The minimum atomic E-state index is -0.469. The number of piperidine rings is 1. The van der Waals surface area contributed by atoms with Crippen LogP contribution in [-0.2, 0) is 17.8 Å². The summed E-state index contributed by atoms with van der Waals surface area (Å²) in [5.41, 5.74) is 1.25. The Balaban J connectivity index is 1.49. The van der Waals surface area contributed by atoms with Crippen LogP contribution in [0, 0.1) is 11.1 Å². The first kappa shape index (κ1) is 17.8. The van der Waals surface area contributed by atoms with Crippen LogP contribution in [0.5, 0.6) is 0 Å². The maximum absolute atomic E-state index is 12.7. The number of likely N-dealkylation sites (tertiary alicyclic amines) is 1. The minimum Gasteiger partial charge on any atom is -0.733 e. The van der Waals surface area contributed by atoms with Crippen molar-refractivity contribution in [1.29, 1.82) is 0 Å². The number of carbonyl (C=O) groups excluding carboxylic acids is 1. The molecule has 142 valence electrons. The van der Waals surface area contributed by atoms with Crippen LogP contribution < -0.4 is 10.8 Å². The number of anilines is 1. The summed E-state index contributed by atoms with van der Waals surface area (Å²) in [5.74, 6) is 0.407. The predicted molar refractivity (Wildman–Crippen MR) is 101 cm³/mol. The first-order valence-electron chi connectivity index (χ1n) is 9.24. The highest BCUT2D eigenvalue weighted by Gasteiger charge is 2.36. The molecular weight excluding hydrogens is 346 g/mol. The van der Waals surface area contributed by atoms with E-state index in [1.165, 1.54) is 6.07 Å². The summed E-state index contributed by atoms with van der Waals surface area (Å²) in [6.07, 6.45) is 2.13. The molecule has 2 aliphatic heterocycles. The van der Waals surface area contributed by atoms with Gasteiger partial charge in [-0.25, -0.2) is 0 Å². The molecule has 1 saturated heterocycles. The number of amides is 1. The molecule has 2 unspecified atom stereocenters. The maximum atomic E-state index is 12.7. The molecule has 2 bridgehead atoms. The van der Waals surface area contributed by atoms with E-state index in [0.717, 1.165) is 24.1 Å². The highest BCUT2D eigenvalue weighted by Crippen LogP contribution is 2.35. The van der Waals surface area contributed by atoms with Crippen molar-refractivity contribution in [2.24, 2.45) is 5.92 Å². The number of pyridine rings is 1. The number of aromatic nitrogens is 1. The van der Waals surface area contributed by atoms with E-state index in [-0.39, 0.29) is 28.7 Å². The number of aryl methyl sites for hydroxylation is 1. The number of fused-ring (bicyclic) bond motifs is 4. The van der Waals surface area contributed by atoms with Gasteiger partial charge in [0.05, 0.1) is 0 Å². The predicted octanol–water partition coefficient (Wildman–Crippen LogP) is 2.12. The van der Waals surface area contributed by atoms with Crippen LogP contribution in [0.4, 0.5) is 5.69 Å². The van der Waals surface area contributed by atoms with Crippen LogP contribution >= 0.6 is 0 Å². The average molecular weight is 368 g/mol. The molecule has 27 heavy (non-hydrogen) atoms. The van der Waals surface area contributed by atoms with Crippen LogP contribution in [0.1, 0.15) is 30.0 Å². The molecule has 0 aliphatic carbocycles. The normalized spacial score (nSPS) is 20.9. The third kappa shape index (κ3) is 3.48. The van der Waals surface area contributed by atoms with Gasteiger partial charge in [-0.15, -0.1) is 0 Å². The molecule has 4 rings (SSSR count). The molecule has 0 radical (unpaired) electrons. The molecule has 1 aromatic heterocycles. The van der Waals surface area contributed by atoms with Crippen molar-refractivity contribution in [3.8, 4) is 0 Å². The SMILES string of the molecule is O=C(CCc1ccccc1)N1CC2CC(C1)c1ccc(N([O-])O)c(=O)n1C2. The zero-order valence-electron chi connectivity index (χ0n) is 15.0. The molecule has 2 aliphatic rings. The summed E-state index contributed by atoms with van der Waals surface area (Å²) in [7, 11) is 0. The van der Waals surface area contributed by atoms with Gasteiger partial charge in [0.2, 0.25) is 5.91 Å². The lowest BCUT2D eigenvalue weighted by atomic mass is 9.83. The zero-order valence-corrected chi connectivity index (χ0v) is 15.0. The van der Waals surface area contributed by atoms with Gasteiger partial charge in [-0.05, 0) is 36.5 Å². The van der Waals surface area contributed by atoms with Crippen molar-refractivity contribution in [2.45, 2.75) is 31.7 Å². The molecule has 2 aromatic rings. The van der Waals surface area contributed by atoms with Crippen LogP contribution in [0.2, 0.25) is 0 Å². The molecule has 1 aromatic carbocycles. The van der Waals surface area contributed by atoms with Crippen molar-refractivity contribution in [1.82, 2.24) is 9.47 Å². The fraction of sp³-hybridized carbons (Fsp3) is 0.400. The molecule has 3 heterocycles. The Kier molecular flexibility index (Phi) is 4.72. The summed E-state index contributed by atoms with van der Waals surface area (Å²) in [6.45, 7) is 1.68. The van der Waals surface area contributed by atoms with Crippen LogP contribution in [-0.4, -0.2) is 33.7 Å². The molecule has 7 heteroatoms. The number of rotatable bonds is 4. The van der Waals surface area contributed by atoms with Crippen LogP contribution in [0.3, 0.4) is 0 Å². The summed E-state index contributed by atoms with van der Waals surface area (Å²) >= 11 is 0. The van der Waals surface area contributed by atoms with Gasteiger partial charge in [-0.3, -0.25) is 14.8 Å². The summed E-state index contributed by atoms with van der Waals surface area (Å²) in [5, 5.41) is 19.8. The van der Waals surface area contributed by atoms with E-state index in [4.69, 9.17) is 5.21 Å². The molecule has 7 nitrogen and oxygen atoms in total. The Hall–Kier alpha value is -2.64. The van der Waals surface area contributed by atoms with Gasteiger partial charge in [0.1, 0.15) is 5.69 Å². The molecule has 2 atom stereocenters. The van der Waals surface area contributed by atoms with Gasteiger partial charge < -0.3 is 19.9 Å². The first-order valence-corrected chi connectivity index (χ1v) is 9.24. The van der Waals surface area contributed by atoms with Gasteiger partial charge in [0.25, 0.3) is 5.56 Å². The second-order valence-electron chi connectivity index (χ2n) is 7.42. The highest BCUT2D eigenvalue weighted by atomic mass is 16.8. The average Bonchev–Trinajstić information content (AvgIpc) is 2.67. The van der Waals surface area contributed by atoms with E-state index in [9.17, 15) is 14.8 Å². The second-order valence-corrected chi connectivity index (χ2v) is 7.42. The fourth-order valence-electron chi connectivity index (χ4n) is 4.34. The highest BCUT2D eigenvalue weighted by molar-refractivity contribution is 5.76. The van der Waals surface area contributed by atoms with Gasteiger partial charge in [0, 0.05) is 37.7 Å². The third-order valence-corrected chi connectivity index (χ3v) is 5.61. The van der Waals surface area contributed by atoms with E-state index in [2.05, 4.69) is 0 Å². The first-order chi connectivity index (χ1) is 13.0. The lowest BCUT2D eigenvalue weighted by molar-refractivity contribution is -0.133. The van der Waals surface area contributed by atoms with Crippen LogP contribution in [0.15, 0.2) is 47.3 Å². The van der Waals surface area contributed by atoms with Crippen molar-refractivity contribution in [3.05, 3.63) is 69.3 Å². The Morgan fingerprint density at radius 2 is 1.93 bits per heavy atom. The van der Waals surface area contributed by atoms with E-state index in [0.29, 0.717) is 26.1 Å². The third-order valence-electron chi connectivity index (χ3n) is 5.61. The lowest BCUT2D eigenvalue weighted by Crippen LogP contribution is -2.49. The second kappa shape index (κ2) is 7.17. The monoisotopic (exact) mass is 368 g/mol. The van der Waals surface area contributed by atoms with E-state index in [1.54, 1.807) is 10.6 Å². The molecular formula is C20H22N3O4-. The topological polar surface area (TPSA) is 88.8 Å². The zero-order chi connectivity index (χ0) is 19.0. The number of hydrogen-bond donors (Lipinski definition) is 1. The van der Waals surface area contributed by atoms with E-state index < -0.39 is 5.56 Å². The molecule has 0 spiro atoms. The van der Waals surface area contributed by atoms with E-state index >= 15 is 0 Å².